The van der Waals surface area contributed by atoms with E-state index in [-0.39, 0.29) is 17.7 Å². The second kappa shape index (κ2) is 13.7. The van der Waals surface area contributed by atoms with Gasteiger partial charge in [-0.05, 0) is 80.3 Å². The lowest BCUT2D eigenvalue weighted by atomic mass is 9.87. The highest BCUT2D eigenvalue weighted by Crippen LogP contribution is 2.30. The largest absolute Gasteiger partial charge is 0.390 e. The lowest BCUT2D eigenvalue weighted by Crippen LogP contribution is -2.49. The summed E-state index contributed by atoms with van der Waals surface area (Å²) in [5.41, 5.74) is 5.14. The molecule has 4 N–H and O–H groups in total. The molecule has 1 heterocycles. The number of anilines is 2. The molecule has 3 aromatic rings. The van der Waals surface area contributed by atoms with E-state index in [1.807, 2.05) is 37.3 Å². The van der Waals surface area contributed by atoms with Crippen LogP contribution in [0.4, 0.5) is 11.4 Å². The zero-order valence-corrected chi connectivity index (χ0v) is 25.1. The Bertz CT molecular complexity index is 1460. The Hall–Kier alpha value is -3.40. The van der Waals surface area contributed by atoms with Crippen LogP contribution in [0, 0.1) is 0 Å². The Kier molecular flexibility index (Phi) is 9.82. The number of fused-ring (bicyclic) bond motifs is 1. The van der Waals surface area contributed by atoms with E-state index in [1.54, 1.807) is 18.2 Å². The first-order valence-electron chi connectivity index (χ1n) is 15.1. The molecule has 0 aromatic heterocycles. The minimum Gasteiger partial charge on any atom is -0.390 e. The number of hydrogen-bond acceptors (Lipinski definition) is 6. The van der Waals surface area contributed by atoms with Gasteiger partial charge in [-0.1, -0.05) is 54.6 Å². The number of nitrogens with one attached hydrogen (secondary N) is 3. The van der Waals surface area contributed by atoms with Crippen LogP contribution >= 0.6 is 0 Å². The van der Waals surface area contributed by atoms with Gasteiger partial charge in [0.05, 0.1) is 23.6 Å². The van der Waals surface area contributed by atoms with Gasteiger partial charge in [0, 0.05) is 36.9 Å². The third kappa shape index (κ3) is 7.32. The van der Waals surface area contributed by atoms with Crippen LogP contribution in [0.3, 0.4) is 0 Å². The summed E-state index contributed by atoms with van der Waals surface area (Å²) in [5.74, 6) is -0.252. The molecule has 0 saturated carbocycles. The molecule has 0 bridgehead atoms. The summed E-state index contributed by atoms with van der Waals surface area (Å²) in [6.07, 6.45) is 4.18. The Morgan fingerprint density at radius 1 is 1.02 bits per heavy atom. The monoisotopic (exact) mass is 590 g/mol. The lowest BCUT2D eigenvalue weighted by molar-refractivity contribution is 0.0823. The van der Waals surface area contributed by atoms with E-state index in [9.17, 15) is 18.3 Å². The van der Waals surface area contributed by atoms with Gasteiger partial charge in [-0.3, -0.25) is 9.10 Å². The van der Waals surface area contributed by atoms with Gasteiger partial charge in [-0.15, -0.1) is 0 Å². The Morgan fingerprint density at radius 2 is 1.81 bits per heavy atom. The third-order valence-electron chi connectivity index (χ3n) is 8.22. The van der Waals surface area contributed by atoms with Crippen LogP contribution in [0.1, 0.15) is 65.7 Å². The SMILES string of the molecule is CCNc1cc(C(=O)N[C@@H](Cc2ccccc2)[C@H](O)CN[C@H]2CCCc3ccccc32)cc(N2CCCCS2(=O)=O)c1. The number of sulfonamides is 1. The molecule has 8 nitrogen and oxygen atoms in total. The van der Waals surface area contributed by atoms with Crippen molar-refractivity contribution < 1.29 is 18.3 Å². The highest BCUT2D eigenvalue weighted by Gasteiger charge is 2.29. The molecule has 1 amide bonds. The summed E-state index contributed by atoms with van der Waals surface area (Å²) >= 11 is 0. The van der Waals surface area contributed by atoms with Crippen molar-refractivity contribution in [2.24, 2.45) is 0 Å². The average Bonchev–Trinajstić information content (AvgIpc) is 2.99. The van der Waals surface area contributed by atoms with Gasteiger partial charge in [0.25, 0.3) is 5.91 Å². The number of carbonyl (C=O) groups is 1. The summed E-state index contributed by atoms with van der Waals surface area (Å²) < 4.78 is 27.1. The molecule has 0 spiro atoms. The summed E-state index contributed by atoms with van der Waals surface area (Å²) in [4.78, 5) is 13.7. The van der Waals surface area contributed by atoms with Crippen LogP contribution in [-0.4, -0.2) is 57.0 Å². The van der Waals surface area contributed by atoms with Crippen LogP contribution in [0.5, 0.6) is 0 Å². The molecule has 3 atom stereocenters. The smallest absolute Gasteiger partial charge is 0.251 e. The number of hydrogen-bond donors (Lipinski definition) is 4. The minimum atomic E-state index is -3.44. The number of benzene rings is 3. The maximum atomic E-state index is 13.7. The van der Waals surface area contributed by atoms with Crippen molar-refractivity contribution in [2.45, 2.75) is 63.6 Å². The van der Waals surface area contributed by atoms with Crippen molar-refractivity contribution in [3.63, 3.8) is 0 Å². The van der Waals surface area contributed by atoms with E-state index >= 15 is 0 Å². The first-order chi connectivity index (χ1) is 20.3. The molecule has 42 heavy (non-hydrogen) atoms. The Labute approximate surface area is 249 Å². The maximum absolute atomic E-state index is 13.7. The van der Waals surface area contributed by atoms with E-state index in [1.165, 1.54) is 15.4 Å². The van der Waals surface area contributed by atoms with E-state index in [0.717, 1.165) is 31.2 Å². The van der Waals surface area contributed by atoms with Gasteiger partial charge in [0.15, 0.2) is 0 Å². The molecule has 1 aliphatic carbocycles. The molecule has 5 rings (SSSR count). The number of rotatable bonds is 11. The standard InChI is InChI=1S/C33H42N4O4S/c1-2-34-27-20-26(21-28(22-27)37-17-8-9-18-42(37,40)41)33(39)36-31(19-24-11-4-3-5-12-24)32(38)23-35-30-16-10-14-25-13-6-7-15-29(25)30/h3-7,11-13,15,20-22,30-32,34-35,38H,2,8-10,14,16-19,23H2,1H3,(H,36,39)/t30-,31-,32+/m0/s1. The quantitative estimate of drug-likeness (QED) is 0.263. The molecular formula is C33H42N4O4S. The molecule has 1 aliphatic heterocycles. The molecule has 1 saturated heterocycles. The van der Waals surface area contributed by atoms with Crippen molar-refractivity contribution in [3.05, 3.63) is 95.1 Å². The van der Waals surface area contributed by atoms with Crippen LogP contribution in [0.2, 0.25) is 0 Å². The van der Waals surface area contributed by atoms with Crippen LogP contribution in [0.25, 0.3) is 0 Å². The van der Waals surface area contributed by atoms with Gasteiger partial charge >= 0.3 is 0 Å². The fraction of sp³-hybridized carbons (Fsp3) is 0.424. The Balaban J connectivity index is 1.36. The molecule has 1 fully saturated rings. The Morgan fingerprint density at radius 3 is 2.60 bits per heavy atom. The predicted octanol–water partition coefficient (Wildman–Crippen LogP) is 4.42. The highest BCUT2D eigenvalue weighted by atomic mass is 32.2. The van der Waals surface area contributed by atoms with E-state index in [0.29, 0.717) is 49.4 Å². The molecule has 0 radical (unpaired) electrons. The van der Waals surface area contributed by atoms with Crippen molar-refractivity contribution in [2.75, 3.05) is 35.0 Å². The minimum absolute atomic E-state index is 0.101. The molecular weight excluding hydrogens is 548 g/mol. The van der Waals surface area contributed by atoms with Gasteiger partial charge in [0.2, 0.25) is 10.0 Å². The second-order valence-corrected chi connectivity index (χ2v) is 13.3. The summed E-state index contributed by atoms with van der Waals surface area (Å²) in [7, 11) is -3.44. The zero-order valence-electron chi connectivity index (χ0n) is 24.3. The van der Waals surface area contributed by atoms with Crippen LogP contribution in [-0.2, 0) is 22.9 Å². The van der Waals surface area contributed by atoms with Gasteiger partial charge in [-0.2, -0.15) is 0 Å². The highest BCUT2D eigenvalue weighted by molar-refractivity contribution is 7.92. The first-order valence-corrected chi connectivity index (χ1v) is 16.7. The third-order valence-corrected chi connectivity index (χ3v) is 10.1. The number of aliphatic hydroxyl groups excluding tert-OH is 1. The maximum Gasteiger partial charge on any atom is 0.251 e. The molecule has 0 unspecified atom stereocenters. The molecule has 3 aromatic carbocycles. The molecule has 224 valence electrons. The number of aliphatic hydroxyl groups is 1. The predicted molar refractivity (Wildman–Crippen MR) is 169 cm³/mol. The van der Waals surface area contributed by atoms with Crippen LogP contribution < -0.4 is 20.3 Å². The fourth-order valence-electron chi connectivity index (χ4n) is 6.05. The molecule has 2 aliphatic rings. The number of aryl methyl sites for hydroxylation is 1. The van der Waals surface area contributed by atoms with Gasteiger partial charge in [-0.25, -0.2) is 8.42 Å². The van der Waals surface area contributed by atoms with Gasteiger partial charge in [0.1, 0.15) is 0 Å². The van der Waals surface area contributed by atoms with Gasteiger partial charge < -0.3 is 21.1 Å². The normalized spacial score (nSPS) is 19.4. The van der Waals surface area contributed by atoms with E-state index in [2.05, 4.69) is 40.2 Å². The van der Waals surface area contributed by atoms with Crippen molar-refractivity contribution in [1.29, 1.82) is 0 Å². The number of carbonyl (C=O) groups excluding carboxylic acids is 1. The van der Waals surface area contributed by atoms with Crippen molar-refractivity contribution in [3.8, 4) is 0 Å². The summed E-state index contributed by atoms with van der Waals surface area (Å²) in [5, 5.41) is 21.3. The molecule has 9 heteroatoms. The fourth-order valence-corrected chi connectivity index (χ4v) is 7.67. The number of amides is 1. The van der Waals surface area contributed by atoms with Crippen molar-refractivity contribution in [1.82, 2.24) is 10.6 Å². The number of nitrogens with zero attached hydrogens (tertiary/aromatic N) is 1. The second-order valence-electron chi connectivity index (χ2n) is 11.3. The van der Waals surface area contributed by atoms with E-state index < -0.39 is 22.2 Å². The van der Waals surface area contributed by atoms with Crippen molar-refractivity contribution >= 4 is 27.3 Å². The summed E-state index contributed by atoms with van der Waals surface area (Å²) in [6, 6.07) is 23.0. The lowest BCUT2D eigenvalue weighted by Gasteiger charge is -2.30. The average molecular weight is 591 g/mol. The topological polar surface area (TPSA) is 111 Å². The van der Waals surface area contributed by atoms with Crippen LogP contribution in [0.15, 0.2) is 72.8 Å². The van der Waals surface area contributed by atoms with E-state index in [4.69, 9.17) is 0 Å². The zero-order chi connectivity index (χ0) is 29.5. The summed E-state index contributed by atoms with van der Waals surface area (Å²) in [6.45, 7) is 3.30. The first kappa shape index (κ1) is 30.1.